The summed E-state index contributed by atoms with van der Waals surface area (Å²) in [6.07, 6.45) is 1.50. The minimum atomic E-state index is -1.01. The van der Waals surface area contributed by atoms with Crippen molar-refractivity contribution in [2.45, 2.75) is 38.9 Å². The summed E-state index contributed by atoms with van der Waals surface area (Å²) in [4.78, 5) is 0. The van der Waals surface area contributed by atoms with Gasteiger partial charge in [-0.15, -0.1) is 0 Å². The highest BCUT2D eigenvalue weighted by molar-refractivity contribution is 6.51. The minimum Gasteiger partial charge on any atom is -0.465 e. The molecule has 0 spiro atoms. The van der Waals surface area contributed by atoms with Gasteiger partial charge in [-0.3, -0.25) is 0 Å². The Morgan fingerprint density at radius 3 is 2.58 bits per heavy atom. The number of aliphatic hydroxyl groups is 1. The zero-order chi connectivity index (χ0) is 14.3. The average Bonchev–Trinajstić information content (AvgIpc) is 2.67. The summed E-state index contributed by atoms with van der Waals surface area (Å²) in [7, 11) is 1.49. The molecule has 2 aromatic rings. The van der Waals surface area contributed by atoms with Crippen LogP contribution in [-0.4, -0.2) is 23.8 Å². The number of fused-ring (bicyclic) bond motifs is 1. The van der Waals surface area contributed by atoms with Crippen molar-refractivity contribution in [3.05, 3.63) is 30.3 Å². The van der Waals surface area contributed by atoms with Crippen molar-refractivity contribution in [3.8, 4) is 0 Å². The van der Waals surface area contributed by atoms with Crippen molar-refractivity contribution in [1.82, 2.24) is 0 Å². The number of rotatable bonds is 4. The monoisotopic (exact) mass is 263 g/mol. The van der Waals surface area contributed by atoms with Crippen LogP contribution in [0.2, 0.25) is 0 Å². The molecule has 1 aromatic carbocycles. The third kappa shape index (κ3) is 2.82. The molecule has 0 amide bonds. The second-order valence-electron chi connectivity index (χ2n) is 5.64. The zero-order valence-electron chi connectivity index (χ0n) is 11.5. The molecule has 0 unspecified atom stereocenters. The van der Waals surface area contributed by atoms with Gasteiger partial charge in [0, 0.05) is 5.39 Å². The maximum Gasteiger partial charge on any atom is 0.334 e. The highest BCUT2D eigenvalue weighted by Crippen LogP contribution is 2.24. The quantitative estimate of drug-likeness (QED) is 0.861. The first-order valence-electron chi connectivity index (χ1n) is 6.11. The molecule has 5 heteroatoms. The first kappa shape index (κ1) is 14.1. The van der Waals surface area contributed by atoms with E-state index in [4.69, 9.17) is 9.07 Å². The zero-order valence-corrected chi connectivity index (χ0v) is 11.5. The topological polar surface area (TPSA) is 42.6 Å². The van der Waals surface area contributed by atoms with E-state index in [1.54, 1.807) is 33.8 Å². The lowest BCUT2D eigenvalue weighted by molar-refractivity contribution is -0.0893. The van der Waals surface area contributed by atoms with E-state index < -0.39 is 11.2 Å². The van der Waals surface area contributed by atoms with Crippen LogP contribution in [0.5, 0.6) is 0 Å². The summed E-state index contributed by atoms with van der Waals surface area (Å²) in [5.74, 6) is -0.328. The Morgan fingerprint density at radius 1 is 1.26 bits per heavy atom. The van der Waals surface area contributed by atoms with Gasteiger partial charge in [0.15, 0.2) is 0 Å². The van der Waals surface area contributed by atoms with Crippen LogP contribution in [0.1, 0.15) is 27.7 Å². The predicted octanol–water partition coefficient (Wildman–Crippen LogP) is 2.38. The standard InChI is InChI=1S/C14H17BFO3/c1-13(2,17)14(3,4)19-15-11-8-18-12-6-5-9(16)7-10(11)12/h5-8,17H,1-4H3. The van der Waals surface area contributed by atoms with Gasteiger partial charge >= 0.3 is 7.48 Å². The van der Waals surface area contributed by atoms with Crippen LogP contribution >= 0.6 is 0 Å². The largest absolute Gasteiger partial charge is 0.465 e. The van der Waals surface area contributed by atoms with Crippen molar-refractivity contribution in [3.63, 3.8) is 0 Å². The number of hydrogen-bond donors (Lipinski definition) is 1. The fourth-order valence-corrected chi connectivity index (χ4v) is 1.47. The van der Waals surface area contributed by atoms with Crippen LogP contribution in [0.15, 0.2) is 28.9 Å². The highest BCUT2D eigenvalue weighted by Gasteiger charge is 2.36. The lowest BCUT2D eigenvalue weighted by atomic mass is 9.82. The van der Waals surface area contributed by atoms with Crippen LogP contribution in [0, 0.1) is 5.82 Å². The normalized spacial score (nSPS) is 12.9. The highest BCUT2D eigenvalue weighted by atomic mass is 19.1. The Balaban J connectivity index is 2.21. The molecule has 0 aliphatic rings. The molecule has 0 atom stereocenters. The number of hydrogen-bond acceptors (Lipinski definition) is 3. The third-order valence-electron chi connectivity index (χ3n) is 3.52. The van der Waals surface area contributed by atoms with Gasteiger partial charge in [-0.2, -0.15) is 0 Å². The molecule has 19 heavy (non-hydrogen) atoms. The summed E-state index contributed by atoms with van der Waals surface area (Å²) in [6.45, 7) is 6.92. The molecule has 0 aliphatic heterocycles. The first-order valence-corrected chi connectivity index (χ1v) is 6.11. The number of furan rings is 1. The summed E-state index contributed by atoms with van der Waals surface area (Å²) in [6, 6.07) is 4.31. The van der Waals surface area contributed by atoms with Gasteiger partial charge in [0.25, 0.3) is 0 Å². The molecular weight excluding hydrogens is 246 g/mol. The molecule has 2 rings (SSSR count). The molecule has 0 fully saturated rings. The first-order chi connectivity index (χ1) is 8.71. The van der Waals surface area contributed by atoms with E-state index in [0.29, 0.717) is 16.4 Å². The Labute approximate surface area is 112 Å². The lowest BCUT2D eigenvalue weighted by Crippen LogP contribution is -2.49. The molecule has 1 radical (unpaired) electrons. The van der Waals surface area contributed by atoms with E-state index in [0.717, 1.165) is 0 Å². The third-order valence-corrected chi connectivity index (χ3v) is 3.52. The van der Waals surface area contributed by atoms with Gasteiger partial charge < -0.3 is 14.2 Å². The summed E-state index contributed by atoms with van der Waals surface area (Å²) < 4.78 is 24.2. The van der Waals surface area contributed by atoms with Crippen molar-refractivity contribution >= 4 is 23.9 Å². The Morgan fingerprint density at radius 2 is 1.95 bits per heavy atom. The van der Waals surface area contributed by atoms with E-state index in [-0.39, 0.29) is 5.82 Å². The number of halogens is 1. The van der Waals surface area contributed by atoms with Gasteiger partial charge in [0.1, 0.15) is 11.4 Å². The Kier molecular flexibility index (Phi) is 3.45. The molecule has 1 aromatic heterocycles. The van der Waals surface area contributed by atoms with Gasteiger partial charge in [-0.1, -0.05) is 0 Å². The van der Waals surface area contributed by atoms with E-state index >= 15 is 0 Å². The molecule has 3 nitrogen and oxygen atoms in total. The van der Waals surface area contributed by atoms with Crippen molar-refractivity contribution < 1.29 is 18.6 Å². The van der Waals surface area contributed by atoms with Crippen LogP contribution in [0.3, 0.4) is 0 Å². The maximum absolute atomic E-state index is 13.2. The molecular formula is C14H17BFO3. The van der Waals surface area contributed by atoms with Crippen molar-refractivity contribution in [2.24, 2.45) is 0 Å². The van der Waals surface area contributed by atoms with E-state index in [1.807, 2.05) is 0 Å². The van der Waals surface area contributed by atoms with Gasteiger partial charge in [0.2, 0.25) is 0 Å². The Hall–Kier alpha value is -1.33. The SMILES string of the molecule is CC(C)(O)C(C)(C)O[B]c1coc2ccc(F)cc12. The number of benzene rings is 1. The molecule has 0 saturated carbocycles. The fraction of sp³-hybridized carbons (Fsp3) is 0.429. The van der Waals surface area contributed by atoms with Gasteiger partial charge in [-0.05, 0) is 51.4 Å². The maximum atomic E-state index is 13.2. The summed E-state index contributed by atoms with van der Waals surface area (Å²) in [5.41, 5.74) is -0.540. The molecule has 0 bridgehead atoms. The fourth-order valence-electron chi connectivity index (χ4n) is 1.47. The second-order valence-corrected chi connectivity index (χ2v) is 5.64. The van der Waals surface area contributed by atoms with Crippen molar-refractivity contribution in [2.75, 3.05) is 0 Å². The molecule has 0 aliphatic carbocycles. The smallest absolute Gasteiger partial charge is 0.334 e. The van der Waals surface area contributed by atoms with E-state index in [2.05, 4.69) is 0 Å². The predicted molar refractivity (Wildman–Crippen MR) is 73.0 cm³/mol. The molecule has 101 valence electrons. The molecule has 1 heterocycles. The molecule has 0 saturated heterocycles. The van der Waals surface area contributed by atoms with Crippen molar-refractivity contribution in [1.29, 1.82) is 0 Å². The van der Waals surface area contributed by atoms with Crippen LogP contribution in [0.4, 0.5) is 4.39 Å². The van der Waals surface area contributed by atoms with E-state index in [9.17, 15) is 9.50 Å². The van der Waals surface area contributed by atoms with Crippen LogP contribution in [-0.2, 0) is 4.65 Å². The molecule has 1 N–H and O–H groups in total. The van der Waals surface area contributed by atoms with E-state index in [1.165, 1.54) is 25.9 Å². The van der Waals surface area contributed by atoms with Gasteiger partial charge in [0.05, 0.1) is 17.5 Å². The lowest BCUT2D eigenvalue weighted by Gasteiger charge is -2.37. The Bertz CT molecular complexity index is 584. The summed E-state index contributed by atoms with van der Waals surface area (Å²) >= 11 is 0. The minimum absolute atomic E-state index is 0.328. The van der Waals surface area contributed by atoms with Gasteiger partial charge in [-0.25, -0.2) is 4.39 Å². The van der Waals surface area contributed by atoms with Crippen LogP contribution in [0.25, 0.3) is 11.0 Å². The second kappa shape index (κ2) is 4.65. The average molecular weight is 263 g/mol. The summed E-state index contributed by atoms with van der Waals surface area (Å²) in [5, 5.41) is 10.6. The van der Waals surface area contributed by atoms with Crippen LogP contribution < -0.4 is 5.46 Å².